The van der Waals surface area contributed by atoms with Crippen LogP contribution in [-0.4, -0.2) is 27.1 Å². The van der Waals surface area contributed by atoms with Gasteiger partial charge in [-0.3, -0.25) is 10.1 Å². The van der Waals surface area contributed by atoms with Crippen molar-refractivity contribution >= 4 is 41.0 Å². The fourth-order valence-electron chi connectivity index (χ4n) is 1.85. The Hall–Kier alpha value is -2.65. The summed E-state index contributed by atoms with van der Waals surface area (Å²) in [6.07, 6.45) is 0. The van der Waals surface area contributed by atoms with Crippen molar-refractivity contribution in [2.45, 2.75) is 9.79 Å². The van der Waals surface area contributed by atoms with Crippen molar-refractivity contribution in [3.63, 3.8) is 0 Å². The largest absolute Gasteiger partial charge is 0.478 e. The van der Waals surface area contributed by atoms with Crippen LogP contribution in [0, 0.1) is 15.9 Å². The molecule has 0 bridgehead atoms. The number of rotatable bonds is 5. The third-order valence-electron chi connectivity index (χ3n) is 2.85. The number of hydrogen-bond donors (Lipinski definition) is 2. The molecule has 24 heavy (non-hydrogen) atoms. The Balaban J connectivity index is 2.68. The first-order chi connectivity index (χ1) is 11.2. The number of aromatic carboxylic acids is 2. The smallest absolute Gasteiger partial charge is 0.337 e. The molecule has 10 heteroatoms. The highest BCUT2D eigenvalue weighted by Gasteiger charge is 2.26. The monoisotopic (exact) mass is 371 g/mol. The lowest BCUT2D eigenvalue weighted by molar-refractivity contribution is -0.387. The molecule has 2 aromatic carbocycles. The van der Waals surface area contributed by atoms with E-state index >= 15 is 0 Å². The first kappa shape index (κ1) is 17.7. The van der Waals surface area contributed by atoms with Crippen LogP contribution in [0.25, 0.3) is 0 Å². The maximum absolute atomic E-state index is 13.2. The molecule has 2 rings (SSSR count). The van der Waals surface area contributed by atoms with Crippen LogP contribution in [0.15, 0.2) is 40.1 Å². The number of carboxylic acid groups (broad SMARTS) is 2. The van der Waals surface area contributed by atoms with Gasteiger partial charge in [-0.25, -0.2) is 14.0 Å². The van der Waals surface area contributed by atoms with Crippen molar-refractivity contribution in [3.8, 4) is 0 Å². The summed E-state index contributed by atoms with van der Waals surface area (Å²) in [5.41, 5.74) is -1.49. The summed E-state index contributed by atoms with van der Waals surface area (Å²) in [7, 11) is 0. The molecular formula is C14H7ClFNO6S. The molecule has 0 amide bonds. The van der Waals surface area contributed by atoms with E-state index in [-0.39, 0.29) is 14.8 Å². The zero-order chi connectivity index (χ0) is 18.0. The van der Waals surface area contributed by atoms with Crippen LogP contribution in [0.2, 0.25) is 5.02 Å². The van der Waals surface area contributed by atoms with E-state index in [1.807, 2.05) is 0 Å². The van der Waals surface area contributed by atoms with Gasteiger partial charge in [-0.05, 0) is 24.3 Å². The minimum Gasteiger partial charge on any atom is -0.478 e. The third kappa shape index (κ3) is 3.63. The molecule has 0 aliphatic heterocycles. The maximum Gasteiger partial charge on any atom is 0.337 e. The van der Waals surface area contributed by atoms with E-state index in [4.69, 9.17) is 16.7 Å². The number of nitrogens with zero attached hydrogens (tertiary/aromatic N) is 1. The summed E-state index contributed by atoms with van der Waals surface area (Å²) in [4.78, 5) is 32.5. The lowest BCUT2D eigenvalue weighted by atomic mass is 10.2. The number of carbonyl (C=O) groups is 2. The van der Waals surface area contributed by atoms with Gasteiger partial charge in [-0.2, -0.15) is 0 Å². The normalized spacial score (nSPS) is 10.4. The van der Waals surface area contributed by atoms with Gasteiger partial charge in [-0.15, -0.1) is 0 Å². The second kappa shape index (κ2) is 6.85. The van der Waals surface area contributed by atoms with Crippen molar-refractivity contribution < 1.29 is 29.1 Å². The summed E-state index contributed by atoms with van der Waals surface area (Å²) in [5.74, 6) is -3.73. The standard InChI is InChI=1S/C14H7ClFNO6S/c15-6-3-9(14(20)21)12(10(4-6)17(22)23)24-11-2-1-7(16)5-8(11)13(18)19/h1-5H,(H,18,19)(H,20,21). The van der Waals surface area contributed by atoms with E-state index in [0.717, 1.165) is 30.3 Å². The van der Waals surface area contributed by atoms with Crippen LogP contribution in [0.4, 0.5) is 10.1 Å². The highest BCUT2D eigenvalue weighted by Crippen LogP contribution is 2.40. The van der Waals surface area contributed by atoms with E-state index in [1.165, 1.54) is 0 Å². The molecule has 0 unspecified atom stereocenters. The minimum absolute atomic E-state index is 0.0446. The number of carboxylic acids is 2. The molecule has 0 aliphatic rings. The molecular weight excluding hydrogens is 365 g/mol. The average molecular weight is 372 g/mol. The SMILES string of the molecule is O=C(O)c1cc(F)ccc1Sc1c(C(=O)O)cc(Cl)cc1[N+](=O)[O-]. The minimum atomic E-state index is -1.47. The first-order valence-electron chi connectivity index (χ1n) is 6.12. The van der Waals surface area contributed by atoms with E-state index in [2.05, 4.69) is 0 Å². The van der Waals surface area contributed by atoms with E-state index in [1.54, 1.807) is 0 Å². The molecule has 0 saturated heterocycles. The van der Waals surface area contributed by atoms with Crippen LogP contribution in [-0.2, 0) is 0 Å². The van der Waals surface area contributed by atoms with Gasteiger partial charge in [0.2, 0.25) is 0 Å². The highest BCUT2D eigenvalue weighted by molar-refractivity contribution is 7.99. The number of halogens is 2. The second-order valence-electron chi connectivity index (χ2n) is 4.41. The highest BCUT2D eigenvalue weighted by atomic mass is 35.5. The van der Waals surface area contributed by atoms with Crippen molar-refractivity contribution in [2.24, 2.45) is 0 Å². The molecule has 124 valence electrons. The van der Waals surface area contributed by atoms with E-state index in [9.17, 15) is 29.2 Å². The topological polar surface area (TPSA) is 118 Å². The van der Waals surface area contributed by atoms with Crippen molar-refractivity contribution in [1.29, 1.82) is 0 Å². The van der Waals surface area contributed by atoms with Gasteiger partial charge in [0.05, 0.1) is 16.1 Å². The van der Waals surface area contributed by atoms with Crippen LogP contribution in [0.1, 0.15) is 20.7 Å². The quantitative estimate of drug-likeness (QED) is 0.603. The van der Waals surface area contributed by atoms with Crippen molar-refractivity contribution in [3.05, 3.63) is 62.4 Å². The molecule has 7 nitrogen and oxygen atoms in total. The summed E-state index contributed by atoms with van der Waals surface area (Å²) in [6, 6.07) is 4.79. The van der Waals surface area contributed by atoms with Gasteiger partial charge >= 0.3 is 11.9 Å². The molecule has 0 radical (unpaired) electrons. The number of nitro groups is 1. The Morgan fingerprint density at radius 2 is 1.75 bits per heavy atom. The lowest BCUT2D eigenvalue weighted by Crippen LogP contribution is -2.04. The molecule has 2 aromatic rings. The zero-order valence-corrected chi connectivity index (χ0v) is 13.1. The molecule has 0 aliphatic carbocycles. The van der Waals surface area contributed by atoms with Gasteiger partial charge in [0.1, 0.15) is 10.7 Å². The van der Waals surface area contributed by atoms with Gasteiger partial charge in [0.15, 0.2) is 0 Å². The molecule has 0 fully saturated rings. The summed E-state index contributed by atoms with van der Waals surface area (Å²) in [6.45, 7) is 0. The third-order valence-corrected chi connectivity index (χ3v) is 4.27. The van der Waals surface area contributed by atoms with E-state index < -0.39 is 39.5 Å². The van der Waals surface area contributed by atoms with Crippen molar-refractivity contribution in [1.82, 2.24) is 0 Å². The van der Waals surface area contributed by atoms with Crippen LogP contribution in [0.3, 0.4) is 0 Å². The van der Waals surface area contributed by atoms with Crippen molar-refractivity contribution in [2.75, 3.05) is 0 Å². The summed E-state index contributed by atoms with van der Waals surface area (Å²) < 4.78 is 13.2. The molecule has 0 aromatic heterocycles. The molecule has 0 saturated carbocycles. The number of hydrogen-bond acceptors (Lipinski definition) is 5. The Morgan fingerprint density at radius 1 is 1.12 bits per heavy atom. The Labute approximate surface area is 142 Å². The Bertz CT molecular complexity index is 837. The van der Waals surface area contributed by atoms with Gasteiger partial charge in [-0.1, -0.05) is 23.4 Å². The van der Waals surface area contributed by atoms with Gasteiger partial charge in [0.25, 0.3) is 5.69 Å². The average Bonchev–Trinajstić information content (AvgIpc) is 2.49. The Morgan fingerprint density at radius 3 is 2.29 bits per heavy atom. The molecule has 2 N–H and O–H groups in total. The summed E-state index contributed by atoms with van der Waals surface area (Å²) >= 11 is 6.24. The van der Waals surface area contributed by atoms with Gasteiger partial charge < -0.3 is 10.2 Å². The molecule has 0 heterocycles. The molecule has 0 spiro atoms. The Kier molecular flexibility index (Phi) is 5.05. The summed E-state index contributed by atoms with van der Waals surface area (Å²) in [5, 5.41) is 29.4. The molecule has 0 atom stereocenters. The number of nitro benzene ring substituents is 1. The van der Waals surface area contributed by atoms with Gasteiger partial charge in [0, 0.05) is 16.0 Å². The van der Waals surface area contributed by atoms with Crippen LogP contribution < -0.4 is 0 Å². The predicted octanol–water partition coefficient (Wildman–Crippen LogP) is 3.93. The second-order valence-corrected chi connectivity index (χ2v) is 5.90. The van der Waals surface area contributed by atoms with Crippen LogP contribution in [0.5, 0.6) is 0 Å². The maximum atomic E-state index is 13.2. The number of benzene rings is 2. The van der Waals surface area contributed by atoms with E-state index in [0.29, 0.717) is 11.8 Å². The fourth-order valence-corrected chi connectivity index (χ4v) is 3.17. The predicted molar refractivity (Wildman–Crippen MR) is 82.5 cm³/mol. The fraction of sp³-hybridized carbons (Fsp3) is 0. The lowest BCUT2D eigenvalue weighted by Gasteiger charge is -2.10. The first-order valence-corrected chi connectivity index (χ1v) is 7.32. The van der Waals surface area contributed by atoms with Crippen LogP contribution >= 0.6 is 23.4 Å². The zero-order valence-electron chi connectivity index (χ0n) is 11.5.